The average Bonchev–Trinajstić information content (AvgIpc) is 3.27. The highest BCUT2D eigenvalue weighted by Gasteiger charge is 2.28. The Morgan fingerprint density at radius 3 is 2.87 bits per heavy atom. The number of hydrogen-bond acceptors (Lipinski definition) is 4. The average molecular weight is 301 g/mol. The first-order valence-electron chi connectivity index (χ1n) is 7.20. The molecular weight excluding hydrogens is 290 g/mol. The van der Waals surface area contributed by atoms with Crippen LogP contribution >= 0.6 is 0 Å². The molecule has 6 heteroatoms. The van der Waals surface area contributed by atoms with Gasteiger partial charge in [0.05, 0.1) is 28.6 Å². The Kier molecular flexibility index (Phi) is 2.27. The van der Waals surface area contributed by atoms with Crippen LogP contribution in [0.3, 0.4) is 0 Å². The van der Waals surface area contributed by atoms with E-state index in [4.69, 9.17) is 0 Å². The minimum absolute atomic E-state index is 0.574. The lowest BCUT2D eigenvalue weighted by atomic mass is 10.0. The van der Waals surface area contributed by atoms with Gasteiger partial charge in [0.15, 0.2) is 0 Å². The molecule has 0 saturated carbocycles. The first kappa shape index (κ1) is 12.2. The van der Waals surface area contributed by atoms with Gasteiger partial charge in [0.25, 0.3) is 0 Å². The lowest BCUT2D eigenvalue weighted by Gasteiger charge is -2.07. The minimum Gasteiger partial charge on any atom is -0.410 e. The van der Waals surface area contributed by atoms with Gasteiger partial charge < -0.3 is 14.8 Å². The number of aromatic nitrogens is 4. The lowest BCUT2D eigenvalue weighted by molar-refractivity contribution is 0.319. The molecule has 5 rings (SSSR count). The molecule has 0 aliphatic carbocycles. The van der Waals surface area contributed by atoms with Crippen LogP contribution < -0.4 is 0 Å². The second-order valence-corrected chi connectivity index (χ2v) is 5.39. The molecule has 1 aromatic carbocycles. The molecule has 23 heavy (non-hydrogen) atoms. The highest BCUT2D eigenvalue weighted by atomic mass is 16.4. The smallest absolute Gasteiger partial charge is 0.140 e. The maximum atomic E-state index is 9.40. The van der Waals surface area contributed by atoms with Gasteiger partial charge in [0.2, 0.25) is 0 Å². The summed E-state index contributed by atoms with van der Waals surface area (Å²) in [6.07, 6.45) is 5.44. The molecule has 0 bridgehead atoms. The summed E-state index contributed by atoms with van der Waals surface area (Å²) in [6, 6.07) is 11.6. The molecule has 0 amide bonds. The van der Waals surface area contributed by atoms with E-state index in [0.29, 0.717) is 5.71 Å². The van der Waals surface area contributed by atoms with E-state index in [1.807, 2.05) is 47.2 Å². The molecule has 0 fully saturated rings. The van der Waals surface area contributed by atoms with Crippen LogP contribution in [-0.4, -0.2) is 30.4 Å². The second kappa shape index (κ2) is 4.30. The van der Waals surface area contributed by atoms with E-state index in [1.165, 1.54) is 0 Å². The van der Waals surface area contributed by atoms with Gasteiger partial charge in [-0.1, -0.05) is 17.3 Å². The van der Waals surface area contributed by atoms with Crippen molar-refractivity contribution in [3.8, 4) is 17.1 Å². The van der Waals surface area contributed by atoms with E-state index in [2.05, 4.69) is 20.1 Å². The molecule has 4 heterocycles. The van der Waals surface area contributed by atoms with Crippen LogP contribution in [-0.2, 0) is 0 Å². The van der Waals surface area contributed by atoms with Crippen molar-refractivity contribution in [2.75, 3.05) is 0 Å². The van der Waals surface area contributed by atoms with Gasteiger partial charge in [-0.15, -0.1) is 0 Å². The molecule has 0 spiro atoms. The Hall–Kier alpha value is -3.41. The number of fused-ring (bicyclic) bond motifs is 4. The van der Waals surface area contributed by atoms with E-state index >= 15 is 0 Å². The zero-order chi connectivity index (χ0) is 15.4. The molecule has 6 nitrogen and oxygen atoms in total. The van der Waals surface area contributed by atoms with Crippen molar-refractivity contribution in [1.29, 1.82) is 0 Å². The van der Waals surface area contributed by atoms with Crippen molar-refractivity contribution < 1.29 is 5.21 Å². The Balaban J connectivity index is 1.83. The number of nitrogens with one attached hydrogen (secondary N) is 1. The van der Waals surface area contributed by atoms with Crippen molar-refractivity contribution >= 4 is 16.7 Å². The zero-order valence-corrected chi connectivity index (χ0v) is 11.9. The number of nitrogens with zero attached hydrogens (tertiary/aromatic N) is 4. The Bertz CT molecular complexity index is 1060. The van der Waals surface area contributed by atoms with Gasteiger partial charge in [-0.3, -0.25) is 4.98 Å². The molecule has 1 aliphatic rings. The number of pyridine rings is 1. The van der Waals surface area contributed by atoms with E-state index in [-0.39, 0.29) is 0 Å². The minimum atomic E-state index is 0.574. The van der Waals surface area contributed by atoms with E-state index in [0.717, 1.165) is 39.4 Å². The normalized spacial score (nSPS) is 14.3. The molecule has 4 aromatic rings. The summed E-state index contributed by atoms with van der Waals surface area (Å²) in [7, 11) is 0. The standard InChI is InChI=1S/C17H11N5O/c23-21-15-10-3-1-4-11(16(10)22-8-2-5-14(15)22)17-19-12-6-7-18-9-13(12)20-17/h1-9,23H,(H,19,20)/b21-15-. The number of aromatic amines is 1. The lowest BCUT2D eigenvalue weighted by Crippen LogP contribution is -1.97. The highest BCUT2D eigenvalue weighted by Crippen LogP contribution is 2.36. The van der Waals surface area contributed by atoms with Crippen molar-refractivity contribution in [3.05, 3.63) is 66.2 Å². The molecule has 2 N–H and O–H groups in total. The van der Waals surface area contributed by atoms with E-state index in [9.17, 15) is 5.21 Å². The van der Waals surface area contributed by atoms with Gasteiger partial charge in [-0.05, 0) is 24.3 Å². The monoisotopic (exact) mass is 301 g/mol. The molecular formula is C17H11N5O. The van der Waals surface area contributed by atoms with Gasteiger partial charge in [-0.25, -0.2) is 4.98 Å². The fourth-order valence-corrected chi connectivity index (χ4v) is 3.18. The number of oxime groups is 1. The van der Waals surface area contributed by atoms with Crippen LogP contribution in [0.2, 0.25) is 0 Å². The van der Waals surface area contributed by atoms with Gasteiger partial charge in [0, 0.05) is 23.5 Å². The maximum absolute atomic E-state index is 9.40. The molecule has 0 radical (unpaired) electrons. The Labute approximate surface area is 130 Å². The van der Waals surface area contributed by atoms with E-state index in [1.54, 1.807) is 12.4 Å². The molecule has 1 aliphatic heterocycles. The summed E-state index contributed by atoms with van der Waals surface area (Å²) in [5.41, 5.74) is 6.01. The Morgan fingerprint density at radius 2 is 2.00 bits per heavy atom. The molecule has 0 saturated heterocycles. The van der Waals surface area contributed by atoms with Crippen LogP contribution in [0.5, 0.6) is 0 Å². The SMILES string of the molecule is O/N=C1/c2cccc(-c3nc4ccncc4[nH]3)c2-n2cccc21. The third kappa shape index (κ3) is 1.54. The summed E-state index contributed by atoms with van der Waals surface area (Å²) >= 11 is 0. The van der Waals surface area contributed by atoms with E-state index < -0.39 is 0 Å². The van der Waals surface area contributed by atoms with Crippen molar-refractivity contribution in [2.45, 2.75) is 0 Å². The van der Waals surface area contributed by atoms with Crippen LogP contribution in [0, 0.1) is 0 Å². The van der Waals surface area contributed by atoms with Crippen LogP contribution in [0.25, 0.3) is 28.1 Å². The van der Waals surface area contributed by atoms with Crippen LogP contribution in [0.1, 0.15) is 11.3 Å². The van der Waals surface area contributed by atoms with Crippen LogP contribution in [0.4, 0.5) is 0 Å². The Morgan fingerprint density at radius 1 is 1.09 bits per heavy atom. The van der Waals surface area contributed by atoms with Crippen molar-refractivity contribution in [2.24, 2.45) is 5.16 Å². The summed E-state index contributed by atoms with van der Waals surface area (Å²) in [4.78, 5) is 12.1. The maximum Gasteiger partial charge on any atom is 0.140 e. The number of hydrogen-bond donors (Lipinski definition) is 2. The molecule has 110 valence electrons. The fraction of sp³-hybridized carbons (Fsp3) is 0. The van der Waals surface area contributed by atoms with Gasteiger partial charge >= 0.3 is 0 Å². The zero-order valence-electron chi connectivity index (χ0n) is 11.9. The molecule has 0 unspecified atom stereocenters. The fourth-order valence-electron chi connectivity index (χ4n) is 3.18. The predicted molar refractivity (Wildman–Crippen MR) is 86.1 cm³/mol. The number of imidazole rings is 1. The first-order chi connectivity index (χ1) is 11.4. The number of rotatable bonds is 1. The van der Waals surface area contributed by atoms with Crippen LogP contribution in [0.15, 0.2) is 60.1 Å². The predicted octanol–water partition coefficient (Wildman–Crippen LogP) is 2.96. The third-order valence-electron chi connectivity index (χ3n) is 4.16. The summed E-state index contributed by atoms with van der Waals surface area (Å²) in [5, 5.41) is 12.9. The summed E-state index contributed by atoms with van der Waals surface area (Å²) in [5.74, 6) is 0.767. The third-order valence-corrected chi connectivity index (χ3v) is 4.16. The first-order valence-corrected chi connectivity index (χ1v) is 7.20. The molecule has 0 atom stereocenters. The van der Waals surface area contributed by atoms with Gasteiger partial charge in [0.1, 0.15) is 11.5 Å². The number of benzene rings is 1. The quantitative estimate of drug-likeness (QED) is 0.369. The second-order valence-electron chi connectivity index (χ2n) is 5.39. The number of para-hydroxylation sites is 1. The van der Waals surface area contributed by atoms with Gasteiger partial charge in [-0.2, -0.15) is 0 Å². The topological polar surface area (TPSA) is 79.1 Å². The summed E-state index contributed by atoms with van der Waals surface area (Å²) in [6.45, 7) is 0. The number of H-pyrrole nitrogens is 1. The molecule has 3 aromatic heterocycles. The van der Waals surface area contributed by atoms with Crippen molar-refractivity contribution in [1.82, 2.24) is 19.5 Å². The van der Waals surface area contributed by atoms with Crippen molar-refractivity contribution in [3.63, 3.8) is 0 Å². The largest absolute Gasteiger partial charge is 0.410 e. The summed E-state index contributed by atoms with van der Waals surface area (Å²) < 4.78 is 2.02. The highest BCUT2D eigenvalue weighted by molar-refractivity contribution is 6.18.